The molecule has 18 heavy (non-hydrogen) atoms. The maximum absolute atomic E-state index is 9.08. The quantitative estimate of drug-likeness (QED) is 0.892. The maximum atomic E-state index is 9.08. The van der Waals surface area contributed by atoms with Gasteiger partial charge in [-0.25, -0.2) is 0 Å². The van der Waals surface area contributed by atoms with Crippen molar-refractivity contribution in [2.45, 2.75) is 13.2 Å². The van der Waals surface area contributed by atoms with E-state index in [1.165, 1.54) is 4.88 Å². The van der Waals surface area contributed by atoms with Gasteiger partial charge in [0, 0.05) is 32.5 Å². The molecule has 0 spiro atoms. The molecule has 0 fully saturated rings. The van der Waals surface area contributed by atoms with Gasteiger partial charge in [0.2, 0.25) is 0 Å². The number of aliphatic hydroxyl groups excluding tert-OH is 1. The Morgan fingerprint density at radius 2 is 2.17 bits per heavy atom. The van der Waals surface area contributed by atoms with Crippen LogP contribution >= 0.6 is 38.9 Å². The van der Waals surface area contributed by atoms with Crippen LogP contribution in [0.3, 0.4) is 0 Å². The Morgan fingerprint density at radius 3 is 2.72 bits per heavy atom. The highest BCUT2D eigenvalue weighted by Gasteiger charge is 2.07. The number of hydrogen-bond donors (Lipinski definition) is 1. The molecule has 2 nitrogen and oxygen atoms in total. The van der Waals surface area contributed by atoms with Crippen LogP contribution in [0.5, 0.6) is 0 Å². The van der Waals surface area contributed by atoms with Crippen molar-refractivity contribution in [3.05, 3.63) is 49.6 Å². The van der Waals surface area contributed by atoms with E-state index in [1.54, 1.807) is 11.3 Å². The van der Waals surface area contributed by atoms with E-state index in [0.717, 1.165) is 22.3 Å². The molecule has 2 rings (SSSR count). The minimum atomic E-state index is -0.0271. The molecule has 1 aromatic carbocycles. The zero-order valence-electron chi connectivity index (χ0n) is 9.86. The third-order valence-corrected chi connectivity index (χ3v) is 4.70. The summed E-state index contributed by atoms with van der Waals surface area (Å²) < 4.78 is 1.12. The van der Waals surface area contributed by atoms with Crippen LogP contribution in [0.2, 0.25) is 5.02 Å². The molecule has 1 aromatic heterocycles. The topological polar surface area (TPSA) is 23.5 Å². The Bertz CT molecular complexity index is 544. The minimum Gasteiger partial charge on any atom is -0.392 e. The third-order valence-electron chi connectivity index (χ3n) is 2.66. The van der Waals surface area contributed by atoms with Gasteiger partial charge < -0.3 is 10.0 Å². The lowest BCUT2D eigenvalue weighted by molar-refractivity contribution is 0.282. The number of aliphatic hydroxyl groups is 1. The van der Waals surface area contributed by atoms with E-state index in [4.69, 9.17) is 16.7 Å². The molecule has 96 valence electrons. The Morgan fingerprint density at radius 1 is 1.39 bits per heavy atom. The summed E-state index contributed by atoms with van der Waals surface area (Å²) in [7, 11) is 2.03. The highest BCUT2D eigenvalue weighted by Crippen LogP contribution is 2.26. The van der Waals surface area contributed by atoms with Gasteiger partial charge in [-0.2, -0.15) is 0 Å². The maximum Gasteiger partial charge on any atom is 0.0696 e. The van der Waals surface area contributed by atoms with E-state index in [1.807, 2.05) is 25.2 Å². The highest BCUT2D eigenvalue weighted by molar-refractivity contribution is 9.10. The van der Waals surface area contributed by atoms with Gasteiger partial charge in [0.05, 0.1) is 13.2 Å². The molecule has 2 aromatic rings. The molecule has 0 aliphatic carbocycles. The van der Waals surface area contributed by atoms with Gasteiger partial charge in [-0.05, 0) is 39.7 Å². The first-order valence-electron chi connectivity index (χ1n) is 5.43. The SMILES string of the molecule is CN(Cc1cc(Br)cs1)c1ccc(CO)c(Cl)c1. The van der Waals surface area contributed by atoms with Crippen molar-refractivity contribution in [1.82, 2.24) is 0 Å². The lowest BCUT2D eigenvalue weighted by Gasteiger charge is -2.19. The summed E-state index contributed by atoms with van der Waals surface area (Å²) in [6, 6.07) is 7.83. The van der Waals surface area contributed by atoms with E-state index in [0.29, 0.717) is 5.02 Å². The third kappa shape index (κ3) is 3.26. The van der Waals surface area contributed by atoms with Crippen LogP contribution in [0.4, 0.5) is 5.69 Å². The number of thiophene rings is 1. The molecule has 0 unspecified atom stereocenters. The monoisotopic (exact) mass is 345 g/mol. The zero-order valence-corrected chi connectivity index (χ0v) is 13.0. The van der Waals surface area contributed by atoms with Gasteiger partial charge in [0.1, 0.15) is 0 Å². The molecule has 0 saturated heterocycles. The molecule has 0 aliphatic rings. The first-order valence-corrected chi connectivity index (χ1v) is 7.48. The van der Waals surface area contributed by atoms with Crippen LogP contribution in [0.1, 0.15) is 10.4 Å². The predicted molar refractivity (Wildman–Crippen MR) is 81.5 cm³/mol. The summed E-state index contributed by atoms with van der Waals surface area (Å²) in [6.45, 7) is 0.811. The van der Waals surface area contributed by atoms with Crippen LogP contribution in [0, 0.1) is 0 Å². The Balaban J connectivity index is 2.13. The Hall–Kier alpha value is -0.550. The molecule has 0 amide bonds. The summed E-state index contributed by atoms with van der Waals surface area (Å²) in [5.41, 5.74) is 1.80. The predicted octanol–water partition coefficient (Wildman–Crippen LogP) is 4.29. The van der Waals surface area contributed by atoms with E-state index >= 15 is 0 Å². The summed E-state index contributed by atoms with van der Waals surface area (Å²) in [5.74, 6) is 0. The second kappa shape index (κ2) is 6.06. The molecular formula is C13H13BrClNOS. The lowest BCUT2D eigenvalue weighted by Crippen LogP contribution is -2.15. The van der Waals surface area contributed by atoms with E-state index in [9.17, 15) is 0 Å². The highest BCUT2D eigenvalue weighted by atomic mass is 79.9. The number of nitrogens with zero attached hydrogens (tertiary/aromatic N) is 1. The number of benzene rings is 1. The standard InChI is InChI=1S/C13H13BrClNOS/c1-16(6-12-4-10(14)8-18-12)11-3-2-9(7-17)13(15)5-11/h2-5,8,17H,6-7H2,1H3. The van der Waals surface area contributed by atoms with Gasteiger partial charge in [-0.3, -0.25) is 0 Å². The molecule has 1 heterocycles. The van der Waals surface area contributed by atoms with Gasteiger partial charge in [-0.15, -0.1) is 11.3 Å². The second-order valence-electron chi connectivity index (χ2n) is 4.02. The van der Waals surface area contributed by atoms with Crippen molar-refractivity contribution >= 4 is 44.6 Å². The van der Waals surface area contributed by atoms with Crippen molar-refractivity contribution in [1.29, 1.82) is 0 Å². The normalized spacial score (nSPS) is 10.7. The van der Waals surface area contributed by atoms with Crippen molar-refractivity contribution in [3.63, 3.8) is 0 Å². The number of hydrogen-bond acceptors (Lipinski definition) is 3. The van der Waals surface area contributed by atoms with Crippen molar-refractivity contribution < 1.29 is 5.11 Å². The molecule has 0 aliphatic heterocycles. The summed E-state index contributed by atoms with van der Waals surface area (Å²) in [4.78, 5) is 3.41. The fourth-order valence-corrected chi connectivity index (χ4v) is 3.40. The number of anilines is 1. The fourth-order valence-electron chi connectivity index (χ4n) is 1.66. The summed E-state index contributed by atoms with van der Waals surface area (Å²) in [6.07, 6.45) is 0. The van der Waals surface area contributed by atoms with Gasteiger partial charge in [0.15, 0.2) is 0 Å². The molecule has 1 N–H and O–H groups in total. The van der Waals surface area contributed by atoms with Crippen LogP contribution in [0.25, 0.3) is 0 Å². The van der Waals surface area contributed by atoms with E-state index < -0.39 is 0 Å². The van der Waals surface area contributed by atoms with Crippen LogP contribution in [0.15, 0.2) is 34.1 Å². The van der Waals surface area contributed by atoms with E-state index in [-0.39, 0.29) is 6.61 Å². The van der Waals surface area contributed by atoms with Crippen molar-refractivity contribution in [3.8, 4) is 0 Å². The van der Waals surface area contributed by atoms with Crippen LogP contribution in [-0.2, 0) is 13.2 Å². The average Bonchev–Trinajstić information content (AvgIpc) is 2.74. The first kappa shape index (κ1) is 13.9. The fraction of sp³-hybridized carbons (Fsp3) is 0.231. The van der Waals surface area contributed by atoms with E-state index in [2.05, 4.69) is 32.3 Å². The Labute approximate surface area is 124 Å². The lowest BCUT2D eigenvalue weighted by atomic mass is 10.2. The van der Waals surface area contributed by atoms with Gasteiger partial charge in [-0.1, -0.05) is 17.7 Å². The molecule has 0 bridgehead atoms. The minimum absolute atomic E-state index is 0.0271. The van der Waals surface area contributed by atoms with Crippen molar-refractivity contribution in [2.75, 3.05) is 11.9 Å². The molecule has 5 heteroatoms. The van der Waals surface area contributed by atoms with Crippen molar-refractivity contribution in [2.24, 2.45) is 0 Å². The van der Waals surface area contributed by atoms with Gasteiger partial charge >= 0.3 is 0 Å². The average molecular weight is 347 g/mol. The smallest absolute Gasteiger partial charge is 0.0696 e. The summed E-state index contributed by atoms with van der Waals surface area (Å²) >= 11 is 11.3. The summed E-state index contributed by atoms with van der Waals surface area (Å²) in [5, 5.41) is 11.8. The Kier molecular flexibility index (Phi) is 4.67. The van der Waals surface area contributed by atoms with Crippen LogP contribution in [-0.4, -0.2) is 12.2 Å². The number of halogens is 2. The second-order valence-corrected chi connectivity index (χ2v) is 6.34. The molecular weight excluding hydrogens is 334 g/mol. The number of rotatable bonds is 4. The first-order chi connectivity index (χ1) is 8.60. The van der Waals surface area contributed by atoms with Crippen LogP contribution < -0.4 is 4.90 Å². The largest absolute Gasteiger partial charge is 0.392 e. The molecule has 0 saturated carbocycles. The molecule has 0 atom stereocenters. The van der Waals surface area contributed by atoms with Gasteiger partial charge in [0.25, 0.3) is 0 Å². The molecule has 0 radical (unpaired) electrons. The zero-order chi connectivity index (χ0) is 13.1.